The summed E-state index contributed by atoms with van der Waals surface area (Å²) in [5.41, 5.74) is 1.22. The van der Waals surface area contributed by atoms with Gasteiger partial charge in [0, 0.05) is 38.6 Å². The zero-order chi connectivity index (χ0) is 16.3. The van der Waals surface area contributed by atoms with Crippen molar-refractivity contribution in [2.24, 2.45) is 0 Å². The standard InChI is InChI=1S/C18H27N3O2/c1-16(15-21-8-11-22-12-9-21)20-14-17-5-4-6-18(13-17)23-10-3-2-7-19/h4-6,13,16,20H,2-3,8-12,14-15H2,1H3. The molecular weight excluding hydrogens is 290 g/mol. The minimum Gasteiger partial charge on any atom is -0.494 e. The highest BCUT2D eigenvalue weighted by atomic mass is 16.5. The van der Waals surface area contributed by atoms with Crippen LogP contribution in [0, 0.1) is 11.3 Å². The molecule has 126 valence electrons. The molecular formula is C18H27N3O2. The molecule has 1 heterocycles. The van der Waals surface area contributed by atoms with Crippen LogP contribution >= 0.6 is 0 Å². The first-order chi connectivity index (χ1) is 11.3. The lowest BCUT2D eigenvalue weighted by Crippen LogP contribution is -2.44. The molecule has 1 fully saturated rings. The molecule has 1 N–H and O–H groups in total. The molecule has 2 rings (SSSR count). The van der Waals surface area contributed by atoms with Crippen LogP contribution in [-0.4, -0.2) is 50.4 Å². The summed E-state index contributed by atoms with van der Waals surface area (Å²) in [5.74, 6) is 0.878. The molecule has 0 aromatic heterocycles. The highest BCUT2D eigenvalue weighted by Gasteiger charge is 2.13. The van der Waals surface area contributed by atoms with Crippen molar-refractivity contribution in [1.82, 2.24) is 10.2 Å². The first-order valence-corrected chi connectivity index (χ1v) is 8.40. The molecule has 1 aromatic rings. The van der Waals surface area contributed by atoms with Gasteiger partial charge >= 0.3 is 0 Å². The van der Waals surface area contributed by atoms with Crippen molar-refractivity contribution < 1.29 is 9.47 Å². The fraction of sp³-hybridized carbons (Fsp3) is 0.611. The molecule has 0 bridgehead atoms. The van der Waals surface area contributed by atoms with Gasteiger partial charge in [0.05, 0.1) is 25.9 Å². The number of morpholine rings is 1. The lowest BCUT2D eigenvalue weighted by atomic mass is 10.2. The third kappa shape index (κ3) is 7.00. The zero-order valence-electron chi connectivity index (χ0n) is 14.0. The quantitative estimate of drug-likeness (QED) is 0.708. The number of nitriles is 1. The second-order valence-electron chi connectivity index (χ2n) is 5.95. The maximum absolute atomic E-state index is 8.52. The van der Waals surface area contributed by atoms with Crippen molar-refractivity contribution in [3.8, 4) is 11.8 Å². The molecule has 23 heavy (non-hydrogen) atoms. The Labute approximate surface area is 139 Å². The molecule has 1 unspecified atom stereocenters. The third-order valence-electron chi connectivity index (χ3n) is 3.89. The van der Waals surface area contributed by atoms with Gasteiger partial charge in [-0.15, -0.1) is 0 Å². The molecule has 5 heteroatoms. The molecule has 0 radical (unpaired) electrons. The van der Waals surface area contributed by atoms with E-state index in [9.17, 15) is 0 Å². The van der Waals surface area contributed by atoms with Gasteiger partial charge in [0.2, 0.25) is 0 Å². The van der Waals surface area contributed by atoms with E-state index in [2.05, 4.69) is 35.3 Å². The highest BCUT2D eigenvalue weighted by Crippen LogP contribution is 2.14. The van der Waals surface area contributed by atoms with Gasteiger partial charge in [-0.3, -0.25) is 4.90 Å². The summed E-state index contributed by atoms with van der Waals surface area (Å²) in [6.45, 7) is 8.44. The zero-order valence-corrected chi connectivity index (χ0v) is 14.0. The largest absolute Gasteiger partial charge is 0.494 e. The van der Waals surface area contributed by atoms with Gasteiger partial charge in [-0.05, 0) is 31.0 Å². The summed E-state index contributed by atoms with van der Waals surface area (Å²) in [4.78, 5) is 2.44. The Hall–Kier alpha value is -1.61. The normalized spacial score (nSPS) is 16.7. The summed E-state index contributed by atoms with van der Waals surface area (Å²) < 4.78 is 11.1. The molecule has 1 aromatic carbocycles. The van der Waals surface area contributed by atoms with Gasteiger partial charge in [-0.2, -0.15) is 5.26 Å². The minimum atomic E-state index is 0.438. The van der Waals surface area contributed by atoms with Gasteiger partial charge in [0.25, 0.3) is 0 Å². The molecule has 0 amide bonds. The number of ether oxygens (including phenoxy) is 2. The minimum absolute atomic E-state index is 0.438. The maximum Gasteiger partial charge on any atom is 0.119 e. The molecule has 1 aliphatic heterocycles. The molecule has 1 saturated heterocycles. The molecule has 1 atom stereocenters. The van der Waals surface area contributed by atoms with Crippen LogP contribution in [0.2, 0.25) is 0 Å². The number of unbranched alkanes of at least 4 members (excludes halogenated alkanes) is 1. The van der Waals surface area contributed by atoms with Gasteiger partial charge in [0.15, 0.2) is 0 Å². The van der Waals surface area contributed by atoms with Crippen molar-refractivity contribution in [1.29, 1.82) is 5.26 Å². The van der Waals surface area contributed by atoms with Gasteiger partial charge in [-0.1, -0.05) is 12.1 Å². The van der Waals surface area contributed by atoms with E-state index in [1.165, 1.54) is 5.56 Å². The Morgan fingerprint density at radius 2 is 2.22 bits per heavy atom. The first kappa shape index (κ1) is 17.7. The third-order valence-corrected chi connectivity index (χ3v) is 3.89. The topological polar surface area (TPSA) is 57.5 Å². The van der Waals surface area contributed by atoms with E-state index in [0.717, 1.165) is 51.6 Å². The number of hydrogen-bond donors (Lipinski definition) is 1. The Balaban J connectivity index is 1.70. The molecule has 5 nitrogen and oxygen atoms in total. The number of nitrogens with one attached hydrogen (secondary N) is 1. The van der Waals surface area contributed by atoms with Gasteiger partial charge in [0.1, 0.15) is 5.75 Å². The molecule has 0 spiro atoms. The van der Waals surface area contributed by atoms with E-state index in [4.69, 9.17) is 14.7 Å². The molecule has 0 saturated carbocycles. The van der Waals surface area contributed by atoms with Crippen LogP contribution in [0.15, 0.2) is 24.3 Å². The summed E-state index contributed by atoms with van der Waals surface area (Å²) in [6, 6.07) is 10.7. The van der Waals surface area contributed by atoms with Crippen molar-refractivity contribution in [2.45, 2.75) is 32.4 Å². The maximum atomic E-state index is 8.52. The predicted octanol–water partition coefficient (Wildman–Crippen LogP) is 2.18. The summed E-state index contributed by atoms with van der Waals surface area (Å²) in [6.07, 6.45) is 1.32. The van der Waals surface area contributed by atoms with Crippen LogP contribution < -0.4 is 10.1 Å². The van der Waals surface area contributed by atoms with E-state index in [1.54, 1.807) is 0 Å². The molecule has 0 aliphatic carbocycles. The van der Waals surface area contributed by atoms with E-state index >= 15 is 0 Å². The van der Waals surface area contributed by atoms with Crippen LogP contribution in [-0.2, 0) is 11.3 Å². The first-order valence-electron chi connectivity index (χ1n) is 8.40. The van der Waals surface area contributed by atoms with E-state index in [-0.39, 0.29) is 0 Å². The fourth-order valence-electron chi connectivity index (χ4n) is 2.61. The summed E-state index contributed by atoms with van der Waals surface area (Å²) in [7, 11) is 0. The van der Waals surface area contributed by atoms with E-state index in [1.807, 2.05) is 12.1 Å². The lowest BCUT2D eigenvalue weighted by Gasteiger charge is -2.29. The van der Waals surface area contributed by atoms with Gasteiger partial charge < -0.3 is 14.8 Å². The summed E-state index contributed by atoms with van der Waals surface area (Å²) in [5, 5.41) is 12.1. The number of benzene rings is 1. The average Bonchev–Trinajstić information content (AvgIpc) is 2.58. The van der Waals surface area contributed by atoms with Crippen LogP contribution in [0.25, 0.3) is 0 Å². The lowest BCUT2D eigenvalue weighted by molar-refractivity contribution is 0.0343. The second-order valence-corrected chi connectivity index (χ2v) is 5.95. The van der Waals surface area contributed by atoms with E-state index < -0.39 is 0 Å². The van der Waals surface area contributed by atoms with E-state index in [0.29, 0.717) is 19.1 Å². The Kier molecular flexibility index (Phi) is 7.88. The fourth-order valence-corrected chi connectivity index (χ4v) is 2.61. The van der Waals surface area contributed by atoms with Crippen LogP contribution in [0.4, 0.5) is 0 Å². The monoisotopic (exact) mass is 317 g/mol. The number of hydrogen-bond acceptors (Lipinski definition) is 5. The van der Waals surface area contributed by atoms with Crippen molar-refractivity contribution >= 4 is 0 Å². The summed E-state index contributed by atoms with van der Waals surface area (Å²) >= 11 is 0. The number of nitrogens with zero attached hydrogens (tertiary/aromatic N) is 2. The highest BCUT2D eigenvalue weighted by molar-refractivity contribution is 5.28. The number of rotatable bonds is 9. The Morgan fingerprint density at radius 3 is 3.00 bits per heavy atom. The van der Waals surface area contributed by atoms with Crippen LogP contribution in [0.5, 0.6) is 5.75 Å². The Bertz CT molecular complexity index is 495. The van der Waals surface area contributed by atoms with Crippen LogP contribution in [0.1, 0.15) is 25.3 Å². The average molecular weight is 317 g/mol. The van der Waals surface area contributed by atoms with Crippen molar-refractivity contribution in [2.75, 3.05) is 39.5 Å². The van der Waals surface area contributed by atoms with Gasteiger partial charge in [-0.25, -0.2) is 0 Å². The van der Waals surface area contributed by atoms with Crippen molar-refractivity contribution in [3.05, 3.63) is 29.8 Å². The smallest absolute Gasteiger partial charge is 0.119 e. The molecule has 1 aliphatic rings. The SMILES string of the molecule is CC(CN1CCOCC1)NCc1cccc(OCCCC#N)c1. The van der Waals surface area contributed by atoms with Crippen molar-refractivity contribution in [3.63, 3.8) is 0 Å². The predicted molar refractivity (Wildman–Crippen MR) is 90.3 cm³/mol. The Morgan fingerprint density at radius 1 is 1.39 bits per heavy atom. The van der Waals surface area contributed by atoms with Crippen LogP contribution in [0.3, 0.4) is 0 Å². The second kappa shape index (κ2) is 10.2.